The zero-order valence-corrected chi connectivity index (χ0v) is 22.6. The fraction of sp³-hybridized carbons (Fsp3) is 0.917. The highest BCUT2D eigenvalue weighted by Gasteiger charge is 2.76. The molecule has 1 fully saturated rings. The smallest absolute Gasteiger partial charge is 0.374 e. The van der Waals surface area contributed by atoms with Crippen molar-refractivity contribution in [1.82, 2.24) is 0 Å². The van der Waals surface area contributed by atoms with E-state index in [9.17, 15) is 89.2 Å². The molecule has 2 aliphatic carbocycles. The zero-order chi connectivity index (χ0) is 35.5. The maximum Gasteiger partial charge on any atom is 0.426 e. The van der Waals surface area contributed by atoms with E-state index in [0.717, 1.165) is 0 Å². The molecule has 0 aromatic heterocycles. The topological polar surface area (TPSA) is 49.7 Å². The van der Waals surface area contributed by atoms with Gasteiger partial charge in [0.05, 0.1) is 6.10 Å². The van der Waals surface area contributed by atoms with Crippen LogP contribution in [-0.4, -0.2) is 70.2 Å². The van der Waals surface area contributed by atoms with Crippen LogP contribution in [0.2, 0.25) is 0 Å². The lowest BCUT2D eigenvalue weighted by atomic mass is 9.76. The van der Waals surface area contributed by atoms with Gasteiger partial charge in [0.2, 0.25) is 0 Å². The fourth-order valence-electron chi connectivity index (χ4n) is 5.71. The molecule has 5 atom stereocenters. The number of ether oxygens (including phenoxy) is 1. The van der Waals surface area contributed by atoms with Crippen LogP contribution in [-0.2, 0) is 4.74 Å². The third-order valence-corrected chi connectivity index (χ3v) is 8.23. The monoisotopic (exact) mass is 704 g/mol. The molecule has 2 bridgehead atoms. The van der Waals surface area contributed by atoms with E-state index in [2.05, 4.69) is 4.74 Å². The quantitative estimate of drug-likeness (QED) is 0.167. The fourth-order valence-corrected chi connectivity index (χ4v) is 5.71. The van der Waals surface area contributed by atoms with Crippen molar-refractivity contribution in [3.63, 3.8) is 0 Å². The average molecular weight is 704 g/mol. The molecule has 2 rings (SSSR count). The van der Waals surface area contributed by atoms with Gasteiger partial charge < -0.3 is 14.9 Å². The summed E-state index contributed by atoms with van der Waals surface area (Å²) in [5.41, 5.74) is -16.9. The van der Waals surface area contributed by atoms with E-state index in [1.54, 1.807) is 0 Å². The molecule has 2 N–H and O–H groups in total. The molecule has 1 saturated carbocycles. The Hall–Kier alpha value is -1.64. The molecule has 21 heteroatoms. The van der Waals surface area contributed by atoms with Gasteiger partial charge in [0.15, 0.2) is 0 Å². The maximum absolute atomic E-state index is 14.3. The van der Waals surface area contributed by atoms with Crippen LogP contribution in [0.1, 0.15) is 51.9 Å². The SMILES string of the molecule is CC(CCC(CC(O)(C(F)(F)F)C(F)(F)F)CC(OC1CC2C=CC1C2)(C(F)(F)F)C(F)(F)F)CC(O)(C(F)(F)F)C(F)(F)F. The first-order valence-corrected chi connectivity index (χ1v) is 12.9. The summed E-state index contributed by atoms with van der Waals surface area (Å²) in [6, 6.07) is 0. The Labute approximate surface area is 242 Å². The van der Waals surface area contributed by atoms with Gasteiger partial charge in [-0.15, -0.1) is 0 Å². The number of fused-ring (bicyclic) bond motifs is 2. The molecule has 0 radical (unpaired) electrons. The second-order valence-electron chi connectivity index (χ2n) is 11.6. The normalized spacial score (nSPS) is 24.0. The van der Waals surface area contributed by atoms with Gasteiger partial charge in [-0.05, 0) is 56.3 Å². The molecule has 0 aromatic carbocycles. The van der Waals surface area contributed by atoms with E-state index >= 15 is 0 Å². The van der Waals surface area contributed by atoms with E-state index in [0.29, 0.717) is 6.92 Å². The molecule has 0 spiro atoms. The Morgan fingerprint density at radius 3 is 1.33 bits per heavy atom. The summed E-state index contributed by atoms with van der Waals surface area (Å²) < 4.78 is 249. The molecule has 2 aliphatic rings. The van der Waals surface area contributed by atoms with Crippen LogP contribution in [0.4, 0.5) is 79.0 Å². The first kappa shape index (κ1) is 39.5. The van der Waals surface area contributed by atoms with Crippen molar-refractivity contribution in [3.05, 3.63) is 12.2 Å². The molecule has 0 aromatic rings. The Morgan fingerprint density at radius 2 is 1.00 bits per heavy atom. The van der Waals surface area contributed by atoms with Gasteiger partial charge >= 0.3 is 37.1 Å². The molecule has 5 unspecified atom stereocenters. The summed E-state index contributed by atoms with van der Waals surface area (Å²) in [4.78, 5) is 0. The van der Waals surface area contributed by atoms with E-state index in [1.165, 1.54) is 12.2 Å². The van der Waals surface area contributed by atoms with Gasteiger partial charge in [0.25, 0.3) is 16.8 Å². The van der Waals surface area contributed by atoms with Gasteiger partial charge in [-0.1, -0.05) is 25.5 Å². The predicted molar refractivity (Wildman–Crippen MR) is 115 cm³/mol. The number of hydrogen-bond acceptors (Lipinski definition) is 3. The van der Waals surface area contributed by atoms with Gasteiger partial charge in [-0.3, -0.25) is 0 Å². The summed E-state index contributed by atoms with van der Waals surface area (Å²) in [7, 11) is 0. The van der Waals surface area contributed by atoms with Crippen LogP contribution in [0.15, 0.2) is 12.2 Å². The van der Waals surface area contributed by atoms with Gasteiger partial charge in [-0.2, -0.15) is 79.0 Å². The molecular weight excluding hydrogens is 678 g/mol. The van der Waals surface area contributed by atoms with Crippen LogP contribution < -0.4 is 0 Å². The van der Waals surface area contributed by atoms with Crippen LogP contribution in [0.3, 0.4) is 0 Å². The molecule has 45 heavy (non-hydrogen) atoms. The number of alkyl halides is 18. The minimum absolute atomic E-state index is 0.0145. The Balaban J connectivity index is 2.59. The molecule has 0 heterocycles. The zero-order valence-electron chi connectivity index (χ0n) is 22.6. The lowest BCUT2D eigenvalue weighted by molar-refractivity contribution is -0.400. The van der Waals surface area contributed by atoms with Crippen molar-refractivity contribution in [2.45, 2.75) is 112 Å². The maximum atomic E-state index is 14.3. The van der Waals surface area contributed by atoms with E-state index < -0.39 is 122 Å². The van der Waals surface area contributed by atoms with Crippen molar-refractivity contribution >= 4 is 0 Å². The Morgan fingerprint density at radius 1 is 0.578 bits per heavy atom. The van der Waals surface area contributed by atoms with E-state index in [-0.39, 0.29) is 6.42 Å². The third kappa shape index (κ3) is 7.75. The summed E-state index contributed by atoms with van der Waals surface area (Å²) in [6.07, 6.45) is -50.5. The second-order valence-corrected chi connectivity index (χ2v) is 11.6. The Kier molecular flexibility index (Phi) is 10.6. The number of hydrogen-bond donors (Lipinski definition) is 2. The van der Waals surface area contributed by atoms with Crippen molar-refractivity contribution in [1.29, 1.82) is 0 Å². The third-order valence-electron chi connectivity index (χ3n) is 8.23. The van der Waals surface area contributed by atoms with Crippen LogP contribution in [0.25, 0.3) is 0 Å². The number of aliphatic hydroxyl groups is 2. The molecule has 0 saturated heterocycles. The summed E-state index contributed by atoms with van der Waals surface area (Å²) in [5.74, 6) is -7.00. The van der Waals surface area contributed by atoms with Crippen LogP contribution in [0, 0.1) is 23.7 Å². The first-order valence-electron chi connectivity index (χ1n) is 12.9. The number of halogens is 18. The summed E-state index contributed by atoms with van der Waals surface area (Å²) in [6.45, 7) is 0.443. The highest BCUT2D eigenvalue weighted by atomic mass is 19.4. The predicted octanol–water partition coefficient (Wildman–Crippen LogP) is 8.75. The summed E-state index contributed by atoms with van der Waals surface area (Å²) >= 11 is 0. The minimum Gasteiger partial charge on any atom is -0.374 e. The van der Waals surface area contributed by atoms with E-state index in [1.807, 2.05) is 0 Å². The second kappa shape index (κ2) is 12.1. The Bertz CT molecular complexity index is 991. The van der Waals surface area contributed by atoms with Gasteiger partial charge in [-0.25, -0.2) is 0 Å². The standard InChI is InChI=1S/C24H26F18O3/c1-11(8-16(43,19(25,26)27)20(28,29)30)2-3-13(9-17(44,21(31,32)33)22(34,35)36)10-18(23(37,38)39,24(40,41)42)45-15-7-12-4-5-14(15)6-12/h4-5,11-15,43-44H,2-3,6-10H2,1H3. The van der Waals surface area contributed by atoms with E-state index in [4.69, 9.17) is 0 Å². The highest BCUT2D eigenvalue weighted by Crippen LogP contribution is 2.56. The largest absolute Gasteiger partial charge is 0.426 e. The average Bonchev–Trinajstić information content (AvgIpc) is 3.40. The number of allylic oxidation sites excluding steroid dienone is 1. The molecule has 0 aliphatic heterocycles. The van der Waals surface area contributed by atoms with Crippen molar-refractivity contribution in [3.8, 4) is 0 Å². The molecule has 0 amide bonds. The number of rotatable bonds is 11. The van der Waals surface area contributed by atoms with Crippen molar-refractivity contribution in [2.75, 3.05) is 0 Å². The highest BCUT2D eigenvalue weighted by molar-refractivity contribution is 5.13. The van der Waals surface area contributed by atoms with Crippen molar-refractivity contribution < 1.29 is 94.0 Å². The lowest BCUT2D eigenvalue weighted by Gasteiger charge is -2.43. The summed E-state index contributed by atoms with van der Waals surface area (Å²) in [5, 5.41) is 18.9. The molecular formula is C24H26F18O3. The van der Waals surface area contributed by atoms with Gasteiger partial charge in [0, 0.05) is 5.92 Å². The molecule has 266 valence electrons. The lowest BCUT2D eigenvalue weighted by Crippen LogP contribution is -2.63. The van der Waals surface area contributed by atoms with Gasteiger partial charge in [0.1, 0.15) is 0 Å². The van der Waals surface area contributed by atoms with Crippen LogP contribution >= 0.6 is 0 Å². The molecule has 3 nitrogen and oxygen atoms in total. The van der Waals surface area contributed by atoms with Crippen molar-refractivity contribution in [2.24, 2.45) is 23.7 Å². The first-order chi connectivity index (χ1) is 19.7. The minimum atomic E-state index is -6.77. The van der Waals surface area contributed by atoms with Crippen LogP contribution in [0.5, 0.6) is 0 Å².